The zero-order chi connectivity index (χ0) is 13.9. The van der Waals surface area contributed by atoms with Crippen molar-refractivity contribution in [1.82, 2.24) is 0 Å². The van der Waals surface area contributed by atoms with E-state index in [2.05, 4.69) is 16.5 Å². The molecule has 0 saturated carbocycles. The van der Waals surface area contributed by atoms with E-state index >= 15 is 0 Å². The Balaban J connectivity index is 1.73. The van der Waals surface area contributed by atoms with Gasteiger partial charge in [0.2, 0.25) is 0 Å². The number of methoxy groups -OCH3 is 1. The molecule has 0 spiro atoms. The minimum atomic E-state index is 0.296. The lowest BCUT2D eigenvalue weighted by Crippen LogP contribution is -1.93. The lowest BCUT2D eigenvalue weighted by atomic mass is 10.2. The second-order valence-electron chi connectivity index (χ2n) is 4.23. The number of ether oxygens (including phenoxy) is 1. The Hall–Kier alpha value is -1.10. The van der Waals surface area contributed by atoms with E-state index < -0.39 is 0 Å². The van der Waals surface area contributed by atoms with Crippen molar-refractivity contribution in [3.8, 4) is 5.75 Å². The molecule has 1 aliphatic heterocycles. The van der Waals surface area contributed by atoms with Crippen molar-refractivity contribution in [3.63, 3.8) is 0 Å². The van der Waals surface area contributed by atoms with Gasteiger partial charge in [0, 0.05) is 10.6 Å². The van der Waals surface area contributed by atoms with E-state index in [-0.39, 0.29) is 0 Å². The molecule has 0 aliphatic carbocycles. The number of halogens is 1. The zero-order valence-corrected chi connectivity index (χ0v) is 13.1. The van der Waals surface area contributed by atoms with Gasteiger partial charge in [-0.05, 0) is 53.9 Å². The van der Waals surface area contributed by atoms with Crippen LogP contribution in [0.5, 0.6) is 5.75 Å². The van der Waals surface area contributed by atoms with Crippen molar-refractivity contribution in [1.29, 1.82) is 0 Å². The number of rotatable bonds is 3. The summed E-state index contributed by atoms with van der Waals surface area (Å²) in [6.07, 6.45) is 0. The Bertz CT molecular complexity index is 625. The summed E-state index contributed by atoms with van der Waals surface area (Å²) in [6, 6.07) is 15.9. The Morgan fingerprint density at radius 2 is 1.75 bits per heavy atom. The quantitative estimate of drug-likeness (QED) is 0.726. The van der Waals surface area contributed by atoms with Gasteiger partial charge in [-0.25, -0.2) is 4.40 Å². The molecule has 0 bridgehead atoms. The average Bonchev–Trinajstić information content (AvgIpc) is 2.98. The summed E-state index contributed by atoms with van der Waals surface area (Å²) in [5, 5.41) is 1.82. The molecule has 2 aromatic rings. The molecule has 0 saturated heterocycles. The maximum absolute atomic E-state index is 5.92. The predicted molar refractivity (Wildman–Crippen MR) is 88.9 cm³/mol. The van der Waals surface area contributed by atoms with Crippen LogP contribution in [-0.4, -0.2) is 12.2 Å². The van der Waals surface area contributed by atoms with Crippen LogP contribution in [0.4, 0.5) is 0 Å². The highest BCUT2D eigenvalue weighted by atomic mass is 35.5. The lowest BCUT2D eigenvalue weighted by molar-refractivity contribution is 0.415. The first-order valence-corrected chi connectivity index (χ1v) is 8.16. The number of nitrogens with zero attached hydrogens (tertiary/aromatic N) is 1. The predicted octanol–water partition coefficient (Wildman–Crippen LogP) is 5.19. The highest BCUT2D eigenvalue weighted by molar-refractivity contribution is 8.27. The largest absolute Gasteiger partial charge is 0.497 e. The smallest absolute Gasteiger partial charge is 0.118 e. The first-order chi connectivity index (χ1) is 9.76. The van der Waals surface area contributed by atoms with Gasteiger partial charge in [0.15, 0.2) is 0 Å². The molecule has 3 rings (SSSR count). The Morgan fingerprint density at radius 1 is 1.05 bits per heavy atom. The summed E-state index contributed by atoms with van der Waals surface area (Å²) in [5.74, 6) is 0.860. The summed E-state index contributed by atoms with van der Waals surface area (Å²) in [6.45, 7) is 0. The molecule has 0 aromatic heterocycles. The van der Waals surface area contributed by atoms with Crippen molar-refractivity contribution in [2.75, 3.05) is 7.11 Å². The molecular weight excluding hydrogens is 310 g/mol. The van der Waals surface area contributed by atoms with Gasteiger partial charge in [-0.3, -0.25) is 0 Å². The number of hydrogen-bond acceptors (Lipinski definition) is 4. The van der Waals surface area contributed by atoms with Gasteiger partial charge in [-0.2, -0.15) is 0 Å². The van der Waals surface area contributed by atoms with Crippen LogP contribution in [0.15, 0.2) is 52.9 Å². The van der Waals surface area contributed by atoms with Gasteiger partial charge >= 0.3 is 0 Å². The Labute approximate surface area is 131 Å². The number of benzene rings is 2. The molecule has 20 heavy (non-hydrogen) atoms. The third-order valence-electron chi connectivity index (χ3n) is 2.93. The van der Waals surface area contributed by atoms with E-state index in [0.717, 1.165) is 21.4 Å². The molecule has 0 fully saturated rings. The van der Waals surface area contributed by atoms with Crippen molar-refractivity contribution < 1.29 is 4.74 Å². The number of thioether (sulfide) groups is 1. The maximum atomic E-state index is 5.92. The molecule has 1 heterocycles. The standard InChI is InChI=1S/C15H12ClNOS2/c1-18-13-8-4-10(5-9-13)14-17-20-15(19-14)11-2-6-12(16)7-3-11/h2-9,15H,1H3. The van der Waals surface area contributed by atoms with Crippen LogP contribution in [0, 0.1) is 0 Å². The molecule has 1 unspecified atom stereocenters. The molecule has 5 heteroatoms. The topological polar surface area (TPSA) is 21.6 Å². The van der Waals surface area contributed by atoms with Crippen LogP contribution in [0.1, 0.15) is 15.7 Å². The maximum Gasteiger partial charge on any atom is 0.118 e. The summed E-state index contributed by atoms with van der Waals surface area (Å²) < 4.78 is 10.0. The van der Waals surface area contributed by atoms with Crippen molar-refractivity contribution in [2.24, 2.45) is 4.40 Å². The van der Waals surface area contributed by atoms with E-state index in [1.54, 1.807) is 30.8 Å². The normalized spacial score (nSPS) is 17.9. The Morgan fingerprint density at radius 3 is 2.40 bits per heavy atom. The van der Waals surface area contributed by atoms with E-state index in [1.165, 1.54) is 5.56 Å². The molecule has 2 nitrogen and oxygen atoms in total. The van der Waals surface area contributed by atoms with E-state index in [9.17, 15) is 0 Å². The van der Waals surface area contributed by atoms with Gasteiger partial charge in [0.25, 0.3) is 0 Å². The first-order valence-electron chi connectivity index (χ1n) is 6.06. The summed E-state index contributed by atoms with van der Waals surface area (Å²) >= 11 is 9.27. The van der Waals surface area contributed by atoms with Gasteiger partial charge in [-0.1, -0.05) is 35.5 Å². The fourth-order valence-corrected chi connectivity index (χ4v) is 4.19. The fraction of sp³-hybridized carbons (Fsp3) is 0.133. The molecule has 0 N–H and O–H groups in total. The third kappa shape index (κ3) is 2.97. The first kappa shape index (κ1) is 13.9. The summed E-state index contributed by atoms with van der Waals surface area (Å²) in [7, 11) is 1.67. The van der Waals surface area contributed by atoms with Crippen LogP contribution in [0.3, 0.4) is 0 Å². The monoisotopic (exact) mass is 321 g/mol. The molecule has 102 valence electrons. The van der Waals surface area contributed by atoms with Crippen LogP contribution in [0.25, 0.3) is 0 Å². The van der Waals surface area contributed by atoms with Crippen molar-refractivity contribution in [3.05, 3.63) is 64.7 Å². The van der Waals surface area contributed by atoms with Gasteiger partial charge in [0.1, 0.15) is 15.4 Å². The fourth-order valence-electron chi connectivity index (χ4n) is 1.84. The number of hydrogen-bond donors (Lipinski definition) is 0. The second-order valence-corrected chi connectivity index (χ2v) is 6.93. The van der Waals surface area contributed by atoms with Crippen LogP contribution < -0.4 is 4.74 Å². The van der Waals surface area contributed by atoms with Crippen LogP contribution in [0.2, 0.25) is 5.02 Å². The van der Waals surface area contributed by atoms with Gasteiger partial charge in [0.05, 0.1) is 7.11 Å². The minimum absolute atomic E-state index is 0.296. The molecule has 0 radical (unpaired) electrons. The highest BCUT2D eigenvalue weighted by Gasteiger charge is 2.23. The molecule has 0 amide bonds. The third-order valence-corrected chi connectivity index (χ3v) is 5.63. The van der Waals surface area contributed by atoms with E-state index in [1.807, 2.05) is 36.4 Å². The van der Waals surface area contributed by atoms with Crippen LogP contribution in [-0.2, 0) is 0 Å². The summed E-state index contributed by atoms with van der Waals surface area (Å²) in [5.41, 5.74) is 2.36. The Kier molecular flexibility index (Phi) is 4.24. The average molecular weight is 322 g/mol. The van der Waals surface area contributed by atoms with Gasteiger partial charge < -0.3 is 4.74 Å². The second kappa shape index (κ2) is 6.12. The van der Waals surface area contributed by atoms with E-state index in [0.29, 0.717) is 4.58 Å². The summed E-state index contributed by atoms with van der Waals surface area (Å²) in [4.78, 5) is 0. The van der Waals surface area contributed by atoms with Crippen molar-refractivity contribution in [2.45, 2.75) is 4.58 Å². The molecule has 2 aromatic carbocycles. The van der Waals surface area contributed by atoms with Crippen molar-refractivity contribution >= 4 is 40.4 Å². The lowest BCUT2D eigenvalue weighted by Gasteiger charge is -2.07. The van der Waals surface area contributed by atoms with E-state index in [4.69, 9.17) is 16.3 Å². The molecule has 1 atom stereocenters. The molecular formula is C15H12ClNOS2. The minimum Gasteiger partial charge on any atom is -0.497 e. The molecule has 1 aliphatic rings. The van der Waals surface area contributed by atoms with Crippen LogP contribution >= 0.6 is 35.3 Å². The SMILES string of the molecule is COc1ccc(C2=NSC(c3ccc(Cl)cc3)S2)cc1. The zero-order valence-electron chi connectivity index (χ0n) is 10.7. The van der Waals surface area contributed by atoms with Gasteiger partial charge in [-0.15, -0.1) is 0 Å². The highest BCUT2D eigenvalue weighted by Crippen LogP contribution is 2.48.